The van der Waals surface area contributed by atoms with Gasteiger partial charge in [-0.25, -0.2) is 19.2 Å². The number of hydrogen-bond donors (Lipinski definition) is 3. The van der Waals surface area contributed by atoms with Gasteiger partial charge in [-0.3, -0.25) is 18.1 Å². The third-order valence-electron chi connectivity index (χ3n) is 2.75. The predicted molar refractivity (Wildman–Crippen MR) is 107 cm³/mol. The number of rotatable bonds is 22. The Kier molecular flexibility index (Phi) is 17.7. The zero-order chi connectivity index (χ0) is 23.6. The third kappa shape index (κ3) is 16.4. The quantitative estimate of drug-likeness (QED) is 0.104. The molecule has 0 aromatic heterocycles. The van der Waals surface area contributed by atoms with Crippen LogP contribution in [0.25, 0.3) is 0 Å². The van der Waals surface area contributed by atoms with E-state index in [1.807, 2.05) is 10.5 Å². The van der Waals surface area contributed by atoms with E-state index in [1.54, 1.807) is 0 Å². The molecule has 0 saturated carbocycles. The molecule has 0 spiro atoms. The molecule has 19 heteroatoms. The second kappa shape index (κ2) is 17.6. The molecule has 0 aromatic carbocycles. The van der Waals surface area contributed by atoms with E-state index < -0.39 is 23.2 Å². The Bertz CT molecular complexity index is 525. The van der Waals surface area contributed by atoms with Gasteiger partial charge in [-0.2, -0.15) is 9.25 Å². The molecule has 0 atom stereocenters. The molecular weight excluding hydrogens is 487 g/mol. The maximum Gasteiger partial charge on any atom is 0.436 e. The van der Waals surface area contributed by atoms with Crippen LogP contribution in [0.15, 0.2) is 0 Å². The first-order chi connectivity index (χ1) is 14.7. The number of hydrogen-bond acceptors (Lipinski definition) is 13. The summed E-state index contributed by atoms with van der Waals surface area (Å²) in [6.07, 6.45) is 0. The summed E-state index contributed by atoms with van der Waals surface area (Å²) in [5.41, 5.74) is 5.37. The molecule has 16 nitrogen and oxygen atoms in total. The van der Waals surface area contributed by atoms with Crippen LogP contribution >= 0.6 is 23.2 Å². The molecule has 0 bridgehead atoms. The highest BCUT2D eigenvalue weighted by atomic mass is 31.2. The van der Waals surface area contributed by atoms with E-state index in [4.69, 9.17) is 42.5 Å². The van der Waals surface area contributed by atoms with Crippen molar-refractivity contribution in [1.82, 2.24) is 10.5 Å². The fourth-order valence-electron chi connectivity index (χ4n) is 1.38. The van der Waals surface area contributed by atoms with Gasteiger partial charge in [-0.1, -0.05) is 10.5 Å². The van der Waals surface area contributed by atoms with Crippen LogP contribution in [0.3, 0.4) is 0 Å². The van der Waals surface area contributed by atoms with Crippen molar-refractivity contribution >= 4 is 23.2 Å². The average Bonchev–Trinajstić information content (AvgIpc) is 2.72. The first kappa shape index (κ1) is 31.2. The van der Waals surface area contributed by atoms with Crippen molar-refractivity contribution in [2.45, 2.75) is 0 Å². The minimum absolute atomic E-state index is 0.0818. The van der Waals surface area contributed by atoms with Gasteiger partial charge in [-0.05, 0) is 0 Å². The van der Waals surface area contributed by atoms with E-state index in [2.05, 4.69) is 9.25 Å². The molecule has 0 unspecified atom stereocenters. The minimum atomic E-state index is -4.55. The number of methoxy groups -OCH3 is 4. The molecule has 0 saturated heterocycles. The molecule has 0 aliphatic rings. The lowest BCUT2D eigenvalue weighted by molar-refractivity contribution is 0.0692. The number of nitrogens with one attached hydrogen (secondary N) is 2. The molecule has 0 aromatic rings. The Balaban J connectivity index is 4.88. The van der Waals surface area contributed by atoms with Crippen molar-refractivity contribution < 1.29 is 60.0 Å². The van der Waals surface area contributed by atoms with Crippen LogP contribution in [-0.4, -0.2) is 81.3 Å². The lowest BCUT2D eigenvalue weighted by Crippen LogP contribution is -2.24. The first-order valence-corrected chi connectivity index (χ1v) is 13.4. The zero-order valence-electron chi connectivity index (χ0n) is 17.9. The van der Waals surface area contributed by atoms with Crippen LogP contribution in [0.5, 0.6) is 0 Å². The molecular formula is C12H32N3O13P3. The number of nitrogens with two attached hydrogens (primary N) is 1. The van der Waals surface area contributed by atoms with Gasteiger partial charge in [-0.15, -0.1) is 0 Å². The molecule has 0 heterocycles. The molecule has 0 aliphatic heterocycles. The van der Waals surface area contributed by atoms with E-state index in [0.717, 1.165) is 0 Å². The van der Waals surface area contributed by atoms with Crippen LogP contribution in [0, 0.1) is 0 Å². The average molecular weight is 519 g/mol. The summed E-state index contributed by atoms with van der Waals surface area (Å²) in [5, 5.41) is 3.66. The lowest BCUT2D eigenvalue weighted by atomic mass is 10.8. The molecule has 0 radical (unpaired) electrons. The highest BCUT2D eigenvalue weighted by molar-refractivity contribution is 7.55. The second-order valence-electron chi connectivity index (χ2n) is 5.20. The molecule has 188 valence electrons. The van der Waals surface area contributed by atoms with Gasteiger partial charge >= 0.3 is 23.2 Å². The predicted octanol–water partition coefficient (Wildman–Crippen LogP) is 0.964. The molecule has 0 amide bonds. The molecule has 31 heavy (non-hydrogen) atoms. The summed E-state index contributed by atoms with van der Waals surface area (Å²) >= 11 is 0. The Labute approximate surface area is 181 Å². The fourth-order valence-corrected chi connectivity index (χ4v) is 4.74. The monoisotopic (exact) mass is 519 g/mol. The maximum absolute atomic E-state index is 12.6. The van der Waals surface area contributed by atoms with Crippen molar-refractivity contribution in [3.8, 4) is 0 Å². The van der Waals surface area contributed by atoms with Gasteiger partial charge in [0.15, 0.2) is 0 Å². The Morgan fingerprint density at radius 2 is 0.806 bits per heavy atom. The molecule has 0 aliphatic carbocycles. The highest BCUT2D eigenvalue weighted by Crippen LogP contribution is 2.51. The largest absolute Gasteiger partial charge is 0.436 e. The van der Waals surface area contributed by atoms with E-state index in [9.17, 15) is 13.7 Å². The smallest absolute Gasteiger partial charge is 0.382 e. The van der Waals surface area contributed by atoms with Gasteiger partial charge in [0.05, 0.1) is 52.9 Å². The third-order valence-corrected chi connectivity index (χ3v) is 6.45. The van der Waals surface area contributed by atoms with Gasteiger partial charge in [0, 0.05) is 28.4 Å². The lowest BCUT2D eigenvalue weighted by Gasteiger charge is -2.22. The van der Waals surface area contributed by atoms with Crippen molar-refractivity contribution in [3.63, 3.8) is 0 Å². The van der Waals surface area contributed by atoms with Crippen LogP contribution in [0.2, 0.25) is 0 Å². The van der Waals surface area contributed by atoms with Crippen LogP contribution < -0.4 is 16.0 Å². The molecule has 0 rings (SSSR count). The summed E-state index contributed by atoms with van der Waals surface area (Å²) in [4.78, 5) is 0. The Hall–Kier alpha value is 0.170. The van der Waals surface area contributed by atoms with E-state index in [-0.39, 0.29) is 52.9 Å². The summed E-state index contributed by atoms with van der Waals surface area (Å²) in [6, 6.07) is 0. The van der Waals surface area contributed by atoms with E-state index in [1.165, 1.54) is 28.4 Å². The van der Waals surface area contributed by atoms with Gasteiger partial charge in [0.25, 0.3) is 0 Å². The fraction of sp³-hybridized carbons (Fsp3) is 1.00. The van der Waals surface area contributed by atoms with Gasteiger partial charge in [0.1, 0.15) is 0 Å². The SMILES string of the molecule is COCCOP(=O)(NOP(N)(=O)ONP(=O)(OCCOC)OCCOC)OCCOC. The summed E-state index contributed by atoms with van der Waals surface area (Å²) in [5.74, 6) is 0. The minimum Gasteiger partial charge on any atom is -0.382 e. The van der Waals surface area contributed by atoms with E-state index >= 15 is 0 Å². The Morgan fingerprint density at radius 1 is 0.548 bits per heavy atom. The molecule has 4 N–H and O–H groups in total. The summed E-state index contributed by atoms with van der Waals surface area (Å²) in [6.45, 7) is -0.280. The second-order valence-corrected chi connectivity index (χ2v) is 10.0. The Morgan fingerprint density at radius 3 is 1.03 bits per heavy atom. The normalized spacial score (nSPS) is 13.1. The van der Waals surface area contributed by atoms with Crippen molar-refractivity contribution in [1.29, 1.82) is 0 Å². The van der Waals surface area contributed by atoms with Crippen LogP contribution in [-0.2, 0) is 60.0 Å². The summed E-state index contributed by atoms with van der Waals surface area (Å²) < 4.78 is 85.9. The van der Waals surface area contributed by atoms with Gasteiger partial charge < -0.3 is 18.9 Å². The topological polar surface area (TPSA) is 194 Å². The maximum atomic E-state index is 12.6. The van der Waals surface area contributed by atoms with Crippen molar-refractivity contribution in [2.75, 3.05) is 81.3 Å². The van der Waals surface area contributed by atoms with E-state index in [0.29, 0.717) is 0 Å². The van der Waals surface area contributed by atoms with Crippen LogP contribution in [0.4, 0.5) is 0 Å². The van der Waals surface area contributed by atoms with Crippen molar-refractivity contribution in [3.05, 3.63) is 0 Å². The standard InChI is InChI=1S/C12H32N3O13P3/c1-19-5-9-23-30(17,24-10-6-20-2)14-27-29(13,16)28-15-31(18,25-11-7-21-3)26-12-8-22-4/h5-12H2,1-4H3,(H2,13,16)(H,14,17)(H,15,18). The number of ether oxygens (including phenoxy) is 4. The van der Waals surface area contributed by atoms with Gasteiger partial charge in [0.2, 0.25) is 0 Å². The van der Waals surface area contributed by atoms with Crippen LogP contribution in [0.1, 0.15) is 0 Å². The summed E-state index contributed by atoms with van der Waals surface area (Å²) in [7, 11) is -7.22. The highest BCUT2D eigenvalue weighted by Gasteiger charge is 2.34. The molecule has 0 fully saturated rings. The zero-order valence-corrected chi connectivity index (χ0v) is 20.6. The van der Waals surface area contributed by atoms with Crippen molar-refractivity contribution in [2.24, 2.45) is 5.50 Å². The first-order valence-electron chi connectivity index (χ1n) is 8.70.